The molecule has 1 amide bonds. The average molecular weight is 523 g/mol. The number of anilines is 2. The third-order valence-corrected chi connectivity index (χ3v) is 5.62. The Morgan fingerprint density at radius 1 is 1.03 bits per heavy atom. The van der Waals surface area contributed by atoms with E-state index in [-0.39, 0.29) is 48.8 Å². The Morgan fingerprint density at radius 2 is 1.78 bits per heavy atom. The van der Waals surface area contributed by atoms with Crippen LogP contribution in [0.5, 0.6) is 0 Å². The number of rotatable bonds is 2. The fraction of sp³-hybridized carbons (Fsp3) is 0.250. The molecule has 1 unspecified atom stereocenters. The molecule has 1 aromatic carbocycles. The minimum atomic E-state index is -5.21. The van der Waals surface area contributed by atoms with Crippen LogP contribution in [0.15, 0.2) is 42.6 Å². The Morgan fingerprint density at radius 3 is 2.43 bits per heavy atom. The summed E-state index contributed by atoms with van der Waals surface area (Å²) >= 11 is 0. The molecule has 1 aliphatic rings. The molecule has 3 heterocycles. The number of aromatic nitrogens is 3. The average Bonchev–Trinajstić information content (AvgIpc) is 2.95. The van der Waals surface area contributed by atoms with Gasteiger partial charge in [0.25, 0.3) is 0 Å². The summed E-state index contributed by atoms with van der Waals surface area (Å²) in [6, 6.07) is 6.36. The molecule has 1 atom stereocenters. The van der Waals surface area contributed by atoms with E-state index >= 15 is 0 Å². The molecule has 13 heteroatoms. The van der Waals surface area contributed by atoms with Crippen LogP contribution >= 0.6 is 0 Å². The van der Waals surface area contributed by atoms with Crippen LogP contribution in [-0.2, 0) is 23.6 Å². The number of halogens is 7. The molecule has 2 aromatic heterocycles. The number of aryl methyl sites for hydroxylation is 1. The van der Waals surface area contributed by atoms with Crippen LogP contribution in [-0.4, -0.2) is 27.6 Å². The van der Waals surface area contributed by atoms with E-state index in [1.807, 2.05) is 0 Å². The van der Waals surface area contributed by atoms with E-state index in [1.165, 1.54) is 18.2 Å². The first kappa shape index (κ1) is 25.9. The molecule has 0 radical (unpaired) electrons. The van der Waals surface area contributed by atoms with Gasteiger partial charge in [0.15, 0.2) is 0 Å². The number of nitrogens with zero attached hydrogens (tertiary/aromatic N) is 4. The van der Waals surface area contributed by atoms with Gasteiger partial charge in [-0.2, -0.15) is 26.3 Å². The van der Waals surface area contributed by atoms with E-state index in [2.05, 4.69) is 27.0 Å². The van der Waals surface area contributed by atoms with E-state index in [1.54, 1.807) is 0 Å². The summed E-state index contributed by atoms with van der Waals surface area (Å²) in [5, 5.41) is 7.39. The van der Waals surface area contributed by atoms with E-state index in [0.717, 1.165) is 17.0 Å². The van der Waals surface area contributed by atoms with Crippen LogP contribution in [0.1, 0.15) is 40.4 Å². The first-order valence-corrected chi connectivity index (χ1v) is 10.7. The highest BCUT2D eigenvalue weighted by Crippen LogP contribution is 2.41. The van der Waals surface area contributed by atoms with Crippen molar-refractivity contribution in [1.82, 2.24) is 15.2 Å². The number of nitrogens with two attached hydrogens (primary N) is 1. The second kappa shape index (κ2) is 9.68. The predicted molar refractivity (Wildman–Crippen MR) is 117 cm³/mol. The normalized spacial score (nSPS) is 16.0. The van der Waals surface area contributed by atoms with Gasteiger partial charge < -0.3 is 5.73 Å². The maximum absolute atomic E-state index is 13.9. The van der Waals surface area contributed by atoms with Crippen molar-refractivity contribution in [3.8, 4) is 11.8 Å². The lowest BCUT2D eigenvalue weighted by Gasteiger charge is -2.25. The van der Waals surface area contributed by atoms with E-state index in [4.69, 9.17) is 5.73 Å². The fourth-order valence-corrected chi connectivity index (χ4v) is 3.92. The third kappa shape index (κ3) is 5.63. The Bertz CT molecular complexity index is 1390. The maximum atomic E-state index is 13.9. The van der Waals surface area contributed by atoms with E-state index < -0.39 is 46.8 Å². The van der Waals surface area contributed by atoms with Crippen molar-refractivity contribution in [2.75, 3.05) is 17.2 Å². The summed E-state index contributed by atoms with van der Waals surface area (Å²) in [5.41, 5.74) is 2.10. The molecule has 4 rings (SSSR count). The highest BCUT2D eigenvalue weighted by atomic mass is 19.4. The molecule has 0 fully saturated rings. The first-order chi connectivity index (χ1) is 17.3. The molecule has 0 saturated heterocycles. The lowest BCUT2D eigenvalue weighted by molar-refractivity contribution is -0.144. The SMILES string of the molecule is Nc1ccc(C#CCN2C(=O)C(c3ncc(C(F)(F)F)cc3C(F)(F)F)CCc3cc(F)ccc32)nn1. The highest BCUT2D eigenvalue weighted by molar-refractivity contribution is 5.99. The molecule has 37 heavy (non-hydrogen) atoms. The van der Waals surface area contributed by atoms with Crippen molar-refractivity contribution < 1.29 is 35.5 Å². The van der Waals surface area contributed by atoms with Gasteiger partial charge in [0.05, 0.1) is 29.3 Å². The minimum Gasteiger partial charge on any atom is -0.382 e. The topological polar surface area (TPSA) is 85.0 Å². The standard InChI is InChI=1S/C24H16F7N5O/c25-15-4-7-19-13(10-15)3-6-17(21-18(24(29,30)31)11-14(12-33-21)23(26,27)28)22(37)36(19)9-1-2-16-5-8-20(32)35-34-16/h4-5,7-8,10-12,17H,3,6,9H2,(H2,32,35). The van der Waals surface area contributed by atoms with Crippen molar-refractivity contribution in [2.45, 2.75) is 31.1 Å². The van der Waals surface area contributed by atoms with Gasteiger partial charge in [-0.15, -0.1) is 10.2 Å². The monoisotopic (exact) mass is 523 g/mol. The number of carbonyl (C=O) groups excluding carboxylic acids is 1. The van der Waals surface area contributed by atoms with Gasteiger partial charge in [-0.3, -0.25) is 14.7 Å². The molecule has 6 nitrogen and oxygen atoms in total. The number of benzene rings is 1. The number of nitrogen functional groups attached to an aromatic ring is 1. The summed E-state index contributed by atoms with van der Waals surface area (Å²) in [5.74, 6) is 2.41. The second-order valence-corrected chi connectivity index (χ2v) is 8.09. The lowest BCUT2D eigenvalue weighted by Crippen LogP contribution is -2.36. The fourth-order valence-electron chi connectivity index (χ4n) is 3.92. The van der Waals surface area contributed by atoms with Crippen molar-refractivity contribution in [1.29, 1.82) is 0 Å². The third-order valence-electron chi connectivity index (χ3n) is 5.62. The zero-order chi connectivity index (χ0) is 27.0. The van der Waals surface area contributed by atoms with E-state index in [0.29, 0.717) is 5.56 Å². The van der Waals surface area contributed by atoms with Gasteiger partial charge in [0.2, 0.25) is 5.91 Å². The van der Waals surface area contributed by atoms with Crippen LogP contribution in [0.3, 0.4) is 0 Å². The maximum Gasteiger partial charge on any atom is 0.418 e. The van der Waals surface area contributed by atoms with Crippen molar-refractivity contribution in [3.63, 3.8) is 0 Å². The van der Waals surface area contributed by atoms with E-state index in [9.17, 15) is 35.5 Å². The number of amides is 1. The number of carbonyl (C=O) groups is 1. The predicted octanol–water partition coefficient (Wildman–Crippen LogP) is 4.75. The van der Waals surface area contributed by atoms with Gasteiger partial charge in [-0.05, 0) is 60.7 Å². The molecular formula is C24H16F7N5O. The number of hydrogen-bond donors (Lipinski definition) is 1. The molecular weight excluding hydrogens is 507 g/mol. The Kier molecular flexibility index (Phi) is 6.77. The Balaban J connectivity index is 1.77. The summed E-state index contributed by atoms with van der Waals surface area (Å²) in [7, 11) is 0. The van der Waals surface area contributed by atoms with Crippen LogP contribution in [0.4, 0.5) is 42.2 Å². The summed E-state index contributed by atoms with van der Waals surface area (Å²) in [6.07, 6.45) is -10.3. The molecule has 2 N–H and O–H groups in total. The Labute approximate surface area is 205 Å². The van der Waals surface area contributed by atoms with Crippen molar-refractivity contribution >= 4 is 17.4 Å². The van der Waals surface area contributed by atoms with Crippen molar-refractivity contribution in [2.24, 2.45) is 0 Å². The molecule has 1 aliphatic heterocycles. The zero-order valence-electron chi connectivity index (χ0n) is 18.7. The van der Waals surface area contributed by atoms with Crippen LogP contribution in [0, 0.1) is 17.7 Å². The second-order valence-electron chi connectivity index (χ2n) is 8.09. The van der Waals surface area contributed by atoms with Crippen LogP contribution in [0.25, 0.3) is 0 Å². The zero-order valence-corrected chi connectivity index (χ0v) is 18.7. The quantitative estimate of drug-likeness (QED) is 0.387. The number of fused-ring (bicyclic) bond motifs is 1. The number of hydrogen-bond acceptors (Lipinski definition) is 5. The highest BCUT2D eigenvalue weighted by Gasteiger charge is 2.43. The minimum absolute atomic E-state index is 0.0309. The number of alkyl halides is 6. The summed E-state index contributed by atoms with van der Waals surface area (Å²) in [6.45, 7) is -0.331. The van der Waals surface area contributed by atoms with Gasteiger partial charge >= 0.3 is 12.4 Å². The molecule has 192 valence electrons. The molecule has 0 saturated carbocycles. The van der Waals surface area contributed by atoms with Crippen LogP contribution < -0.4 is 10.6 Å². The smallest absolute Gasteiger partial charge is 0.382 e. The lowest BCUT2D eigenvalue weighted by atomic mass is 9.92. The van der Waals surface area contributed by atoms with Gasteiger partial charge in [-0.1, -0.05) is 5.92 Å². The molecule has 0 aliphatic carbocycles. The molecule has 0 spiro atoms. The largest absolute Gasteiger partial charge is 0.418 e. The first-order valence-electron chi connectivity index (χ1n) is 10.7. The summed E-state index contributed by atoms with van der Waals surface area (Å²) < 4.78 is 94.7. The summed E-state index contributed by atoms with van der Waals surface area (Å²) in [4.78, 5) is 18.0. The van der Waals surface area contributed by atoms with Crippen molar-refractivity contribution in [3.05, 3.63) is 76.5 Å². The van der Waals surface area contributed by atoms with Gasteiger partial charge in [0.1, 0.15) is 17.3 Å². The number of pyridine rings is 1. The van der Waals surface area contributed by atoms with Crippen LogP contribution in [0.2, 0.25) is 0 Å². The van der Waals surface area contributed by atoms with Gasteiger partial charge in [-0.25, -0.2) is 4.39 Å². The molecule has 0 bridgehead atoms. The molecule has 3 aromatic rings. The Hall–Kier alpha value is -4.21. The van der Waals surface area contributed by atoms with Gasteiger partial charge in [0, 0.05) is 11.9 Å².